The van der Waals surface area contributed by atoms with Crippen LogP contribution in [0.3, 0.4) is 0 Å². The highest BCUT2D eigenvalue weighted by Crippen LogP contribution is 2.16. The Hall–Kier alpha value is -1.95. The van der Waals surface area contributed by atoms with E-state index in [-0.39, 0.29) is 11.9 Å². The van der Waals surface area contributed by atoms with Gasteiger partial charge in [0, 0.05) is 12.6 Å². The van der Waals surface area contributed by atoms with Gasteiger partial charge in [-0.05, 0) is 50.9 Å². The molecule has 2 aromatic rings. The topological polar surface area (TPSA) is 71.3 Å². The lowest BCUT2D eigenvalue weighted by atomic mass is 9.96. The zero-order chi connectivity index (χ0) is 14.7. The molecular formula is C15H21N5O. The number of carbonyl (C=O) groups is 1. The van der Waals surface area contributed by atoms with E-state index in [9.17, 15) is 4.79 Å². The smallest absolute Gasteiger partial charge is 0.220 e. The number of pyridine rings is 1. The van der Waals surface area contributed by atoms with E-state index in [1.807, 2.05) is 35.7 Å². The van der Waals surface area contributed by atoms with Gasteiger partial charge in [-0.25, -0.2) is 0 Å². The van der Waals surface area contributed by atoms with Gasteiger partial charge >= 0.3 is 0 Å². The first-order valence-electron chi connectivity index (χ1n) is 7.54. The molecule has 0 radical (unpaired) electrons. The maximum absolute atomic E-state index is 12.2. The summed E-state index contributed by atoms with van der Waals surface area (Å²) in [6, 6.07) is 5.61. The molecule has 1 aliphatic heterocycles. The third-order valence-corrected chi connectivity index (χ3v) is 3.98. The lowest BCUT2D eigenvalue weighted by Gasteiger charge is -2.22. The highest BCUT2D eigenvalue weighted by molar-refractivity contribution is 5.76. The number of aromatic nitrogens is 3. The quantitative estimate of drug-likeness (QED) is 0.889. The highest BCUT2D eigenvalue weighted by Gasteiger charge is 2.20. The molecule has 6 nitrogen and oxygen atoms in total. The fourth-order valence-corrected chi connectivity index (χ4v) is 2.88. The first-order chi connectivity index (χ1) is 10.2. The van der Waals surface area contributed by atoms with Gasteiger partial charge < -0.3 is 10.6 Å². The van der Waals surface area contributed by atoms with E-state index in [4.69, 9.17) is 0 Å². The zero-order valence-corrected chi connectivity index (χ0v) is 12.2. The van der Waals surface area contributed by atoms with E-state index in [1.165, 1.54) is 0 Å². The Morgan fingerprint density at radius 1 is 1.52 bits per heavy atom. The molecule has 112 valence electrons. The molecule has 3 rings (SSSR count). The van der Waals surface area contributed by atoms with Crippen molar-refractivity contribution in [1.82, 2.24) is 25.2 Å². The van der Waals surface area contributed by atoms with Crippen molar-refractivity contribution in [2.24, 2.45) is 5.92 Å². The largest absolute Gasteiger partial charge is 0.346 e. The predicted octanol–water partition coefficient (Wildman–Crippen LogP) is 1.30. The number of hydrogen-bond acceptors (Lipinski definition) is 4. The second-order valence-corrected chi connectivity index (χ2v) is 5.69. The molecular weight excluding hydrogens is 266 g/mol. The Kier molecular flexibility index (Phi) is 4.15. The zero-order valence-electron chi connectivity index (χ0n) is 12.2. The van der Waals surface area contributed by atoms with Crippen LogP contribution in [0, 0.1) is 5.92 Å². The van der Waals surface area contributed by atoms with E-state index in [2.05, 4.69) is 20.8 Å². The molecule has 2 N–H and O–H groups in total. The summed E-state index contributed by atoms with van der Waals surface area (Å²) >= 11 is 0. The Bertz CT molecular complexity index is 617. The van der Waals surface area contributed by atoms with Crippen LogP contribution in [0.15, 0.2) is 24.4 Å². The normalized spacial score (nSPS) is 20.3. The second-order valence-electron chi connectivity index (χ2n) is 5.69. The maximum atomic E-state index is 12.2. The van der Waals surface area contributed by atoms with Crippen molar-refractivity contribution >= 4 is 11.6 Å². The molecule has 0 spiro atoms. The third-order valence-electron chi connectivity index (χ3n) is 3.98. The molecule has 0 saturated carbocycles. The lowest BCUT2D eigenvalue weighted by molar-refractivity contribution is -0.122. The molecule has 2 aromatic heterocycles. The van der Waals surface area contributed by atoms with Crippen LogP contribution in [0.1, 0.15) is 38.1 Å². The molecule has 0 bridgehead atoms. The summed E-state index contributed by atoms with van der Waals surface area (Å²) in [6.07, 6.45) is 4.78. The standard InChI is InChI=1S/C15H21N5O/c1-11(15-19-18-13-6-2-3-8-20(13)15)17-14(21)9-12-5-4-7-16-10-12/h2-3,6,8,11-12,16H,4-5,7,9-10H2,1H3,(H,17,21). The summed E-state index contributed by atoms with van der Waals surface area (Å²) in [5, 5.41) is 14.7. The van der Waals surface area contributed by atoms with Gasteiger partial charge in [-0.15, -0.1) is 10.2 Å². The van der Waals surface area contributed by atoms with Crippen LogP contribution in [-0.4, -0.2) is 33.6 Å². The Balaban J connectivity index is 1.62. The van der Waals surface area contributed by atoms with Crippen molar-refractivity contribution in [2.45, 2.75) is 32.2 Å². The third kappa shape index (κ3) is 3.21. The molecule has 0 aliphatic carbocycles. The van der Waals surface area contributed by atoms with E-state index in [1.54, 1.807) is 0 Å². The Labute approximate surface area is 123 Å². The van der Waals surface area contributed by atoms with Crippen LogP contribution in [0.5, 0.6) is 0 Å². The first kappa shape index (κ1) is 14.0. The molecule has 1 fully saturated rings. The van der Waals surface area contributed by atoms with Crippen LogP contribution in [0.2, 0.25) is 0 Å². The fourth-order valence-electron chi connectivity index (χ4n) is 2.88. The summed E-state index contributed by atoms with van der Waals surface area (Å²) in [7, 11) is 0. The van der Waals surface area contributed by atoms with E-state index < -0.39 is 0 Å². The van der Waals surface area contributed by atoms with E-state index >= 15 is 0 Å². The van der Waals surface area contributed by atoms with Crippen LogP contribution in [0.25, 0.3) is 5.65 Å². The molecule has 21 heavy (non-hydrogen) atoms. The van der Waals surface area contributed by atoms with Gasteiger partial charge in [0.15, 0.2) is 11.5 Å². The molecule has 6 heteroatoms. The minimum Gasteiger partial charge on any atom is -0.346 e. The number of piperidine rings is 1. The van der Waals surface area contributed by atoms with Crippen molar-refractivity contribution in [1.29, 1.82) is 0 Å². The Morgan fingerprint density at radius 2 is 2.43 bits per heavy atom. The number of nitrogens with one attached hydrogen (secondary N) is 2. The average molecular weight is 287 g/mol. The van der Waals surface area contributed by atoms with E-state index in [0.717, 1.165) is 37.4 Å². The van der Waals surface area contributed by atoms with Crippen LogP contribution >= 0.6 is 0 Å². The van der Waals surface area contributed by atoms with Gasteiger partial charge in [0.2, 0.25) is 5.91 Å². The summed E-state index contributed by atoms with van der Waals surface area (Å²) < 4.78 is 1.91. The number of nitrogens with zero attached hydrogens (tertiary/aromatic N) is 3. The first-order valence-corrected chi connectivity index (χ1v) is 7.54. The average Bonchev–Trinajstić information content (AvgIpc) is 2.92. The van der Waals surface area contributed by atoms with Crippen molar-refractivity contribution in [3.05, 3.63) is 30.2 Å². The molecule has 2 unspecified atom stereocenters. The number of carbonyl (C=O) groups excluding carboxylic acids is 1. The van der Waals surface area contributed by atoms with Crippen molar-refractivity contribution in [3.63, 3.8) is 0 Å². The molecule has 1 amide bonds. The van der Waals surface area contributed by atoms with E-state index in [0.29, 0.717) is 12.3 Å². The van der Waals surface area contributed by atoms with Gasteiger partial charge in [-0.2, -0.15) is 0 Å². The summed E-state index contributed by atoms with van der Waals surface area (Å²) in [6.45, 7) is 3.95. The predicted molar refractivity (Wildman–Crippen MR) is 79.8 cm³/mol. The van der Waals surface area contributed by atoms with Gasteiger partial charge in [0.1, 0.15) is 0 Å². The van der Waals surface area contributed by atoms with Crippen LogP contribution in [0.4, 0.5) is 0 Å². The van der Waals surface area contributed by atoms with Crippen LogP contribution < -0.4 is 10.6 Å². The number of rotatable bonds is 4. The summed E-state index contributed by atoms with van der Waals surface area (Å²) in [4.78, 5) is 12.2. The van der Waals surface area contributed by atoms with Crippen LogP contribution in [-0.2, 0) is 4.79 Å². The van der Waals surface area contributed by atoms with Gasteiger partial charge in [-0.1, -0.05) is 6.07 Å². The summed E-state index contributed by atoms with van der Waals surface area (Å²) in [5.74, 6) is 1.30. The van der Waals surface area contributed by atoms with Gasteiger partial charge in [-0.3, -0.25) is 9.20 Å². The second kappa shape index (κ2) is 6.22. The molecule has 3 heterocycles. The van der Waals surface area contributed by atoms with Crippen molar-refractivity contribution in [3.8, 4) is 0 Å². The number of fused-ring (bicyclic) bond motifs is 1. The number of amides is 1. The minimum absolute atomic E-state index is 0.0869. The SMILES string of the molecule is CC(NC(=O)CC1CCCNC1)c1nnc2ccccn12. The van der Waals surface area contributed by atoms with Gasteiger partial charge in [0.25, 0.3) is 0 Å². The molecule has 1 aliphatic rings. The molecule has 0 aromatic carbocycles. The van der Waals surface area contributed by atoms with Crippen molar-refractivity contribution in [2.75, 3.05) is 13.1 Å². The Morgan fingerprint density at radius 3 is 3.24 bits per heavy atom. The van der Waals surface area contributed by atoms with Crippen molar-refractivity contribution < 1.29 is 4.79 Å². The molecule has 1 saturated heterocycles. The van der Waals surface area contributed by atoms with Gasteiger partial charge in [0.05, 0.1) is 6.04 Å². The number of hydrogen-bond donors (Lipinski definition) is 2. The fraction of sp³-hybridized carbons (Fsp3) is 0.533. The monoisotopic (exact) mass is 287 g/mol. The molecule has 2 atom stereocenters. The minimum atomic E-state index is -0.147. The maximum Gasteiger partial charge on any atom is 0.220 e. The lowest BCUT2D eigenvalue weighted by Crippen LogP contribution is -2.35. The summed E-state index contributed by atoms with van der Waals surface area (Å²) in [5.41, 5.74) is 0.796. The highest BCUT2D eigenvalue weighted by atomic mass is 16.1.